The number of imide groups is 1. The van der Waals surface area contributed by atoms with E-state index in [1.54, 1.807) is 25.1 Å². The molecule has 10 nitrogen and oxygen atoms in total. The van der Waals surface area contributed by atoms with Crippen molar-refractivity contribution in [3.8, 4) is 5.75 Å². The topological polar surface area (TPSA) is 126 Å². The number of aliphatic carboxylic acids is 1. The molecule has 0 aromatic heterocycles. The third-order valence-corrected chi connectivity index (χ3v) is 7.88. The number of nitrogens with zero attached hydrogens (tertiary/aromatic N) is 4. The molecule has 2 aliphatic heterocycles. The summed E-state index contributed by atoms with van der Waals surface area (Å²) in [5, 5.41) is 24.7. The van der Waals surface area contributed by atoms with E-state index >= 15 is 0 Å². The Kier molecular flexibility index (Phi) is 9.18. The number of hydrazone groups is 1. The number of likely N-dealkylation sites (N-methyl/N-ethyl adjacent to an activating group) is 1. The zero-order chi connectivity index (χ0) is 30.8. The van der Waals surface area contributed by atoms with Gasteiger partial charge in [-0.15, -0.1) is 0 Å². The van der Waals surface area contributed by atoms with E-state index in [2.05, 4.69) is 31.3 Å². The fourth-order valence-corrected chi connectivity index (χ4v) is 5.47. The van der Waals surface area contributed by atoms with E-state index in [1.165, 1.54) is 4.90 Å². The summed E-state index contributed by atoms with van der Waals surface area (Å²) in [4.78, 5) is 43.4. The molecule has 0 bridgehead atoms. The zero-order valence-electron chi connectivity index (χ0n) is 25.3. The van der Waals surface area contributed by atoms with Gasteiger partial charge < -0.3 is 15.1 Å². The molecule has 2 aliphatic rings. The van der Waals surface area contributed by atoms with Crippen molar-refractivity contribution in [2.24, 2.45) is 5.10 Å². The van der Waals surface area contributed by atoms with Gasteiger partial charge in [-0.1, -0.05) is 45.0 Å². The molecule has 2 aromatic carbocycles. The molecule has 0 unspecified atom stereocenters. The van der Waals surface area contributed by atoms with Crippen molar-refractivity contribution in [2.75, 3.05) is 50.6 Å². The van der Waals surface area contributed by atoms with Crippen molar-refractivity contribution in [2.45, 2.75) is 51.9 Å². The number of carbonyl (C=O) groups is 3. The van der Waals surface area contributed by atoms with Crippen LogP contribution in [0.5, 0.6) is 5.75 Å². The number of aromatic hydroxyl groups is 1. The van der Waals surface area contributed by atoms with Gasteiger partial charge in [0.15, 0.2) is 5.71 Å². The molecule has 0 saturated carbocycles. The normalized spacial score (nSPS) is 18.4. The minimum atomic E-state index is -0.848. The number of benzene rings is 2. The summed E-state index contributed by atoms with van der Waals surface area (Å²) in [6.45, 7) is 9.62. The van der Waals surface area contributed by atoms with Crippen LogP contribution in [0.15, 0.2) is 58.7 Å². The van der Waals surface area contributed by atoms with Crippen LogP contribution in [-0.4, -0.2) is 83.8 Å². The highest BCUT2D eigenvalue weighted by molar-refractivity contribution is 6.57. The molecule has 0 atom stereocenters. The Hall–Kier alpha value is -4.02. The molecule has 4 rings (SSSR count). The first-order valence-corrected chi connectivity index (χ1v) is 14.2. The zero-order valence-corrected chi connectivity index (χ0v) is 25.3. The molecule has 2 amide bonds. The van der Waals surface area contributed by atoms with Crippen molar-refractivity contribution in [1.29, 1.82) is 0 Å². The summed E-state index contributed by atoms with van der Waals surface area (Å²) in [7, 11) is 3.72. The number of carbonyl (C=O) groups excluding carboxylic acids is 2. The van der Waals surface area contributed by atoms with Crippen LogP contribution in [0, 0.1) is 0 Å². The van der Waals surface area contributed by atoms with Crippen LogP contribution in [-0.2, 0) is 19.8 Å². The molecule has 2 aromatic rings. The number of para-hydroxylation sites is 1. The van der Waals surface area contributed by atoms with Gasteiger partial charge in [-0.25, -0.2) is 4.90 Å². The van der Waals surface area contributed by atoms with Crippen LogP contribution in [0.4, 0.5) is 11.4 Å². The fourth-order valence-electron chi connectivity index (χ4n) is 5.47. The largest absolute Gasteiger partial charge is 0.505 e. The van der Waals surface area contributed by atoms with E-state index in [1.807, 2.05) is 48.2 Å². The molecule has 2 heterocycles. The predicted molar refractivity (Wildman–Crippen MR) is 164 cm³/mol. The summed E-state index contributed by atoms with van der Waals surface area (Å²) < 4.78 is 0. The number of carboxylic acids is 1. The Morgan fingerprint density at radius 1 is 1.05 bits per heavy atom. The average molecular weight is 576 g/mol. The predicted octanol–water partition coefficient (Wildman–Crippen LogP) is 4.17. The number of phenolic OH excluding ortho intramolecular Hbond substituents is 1. The maximum Gasteiger partial charge on any atom is 0.317 e. The summed E-state index contributed by atoms with van der Waals surface area (Å²) in [6.07, 6.45) is 1.44. The number of hydrogen-bond acceptors (Lipinski definition) is 8. The van der Waals surface area contributed by atoms with Gasteiger partial charge in [0.2, 0.25) is 0 Å². The average Bonchev–Trinajstić information content (AvgIpc) is 2.92. The van der Waals surface area contributed by atoms with Gasteiger partial charge in [0.1, 0.15) is 5.75 Å². The number of phenols is 1. The second-order valence-electron chi connectivity index (χ2n) is 12.3. The first-order valence-electron chi connectivity index (χ1n) is 14.2. The molecular formula is C32H41N5O5. The lowest BCUT2D eigenvalue weighted by atomic mass is 9.87. The van der Waals surface area contributed by atoms with Crippen molar-refractivity contribution >= 4 is 34.9 Å². The van der Waals surface area contributed by atoms with Crippen LogP contribution < -0.4 is 10.3 Å². The number of carboxylic acid groups (broad SMARTS) is 1. The third-order valence-electron chi connectivity index (χ3n) is 7.88. The summed E-state index contributed by atoms with van der Waals surface area (Å²) in [5.74, 6) is -1.66. The number of hydrogen-bond donors (Lipinski definition) is 3. The summed E-state index contributed by atoms with van der Waals surface area (Å²) >= 11 is 0. The van der Waals surface area contributed by atoms with Gasteiger partial charge in [0, 0.05) is 12.1 Å². The quantitative estimate of drug-likeness (QED) is 0.243. The lowest BCUT2D eigenvalue weighted by Gasteiger charge is -2.31. The minimum Gasteiger partial charge on any atom is -0.505 e. The van der Waals surface area contributed by atoms with Crippen molar-refractivity contribution in [3.05, 3.63) is 64.7 Å². The first-order chi connectivity index (χ1) is 19.8. The van der Waals surface area contributed by atoms with Crippen LogP contribution >= 0.6 is 0 Å². The SMILES string of the molecule is CC1=C(CN(C)C)C(=O)N(c2ccc(C(C)(C)C)cc2)C(=O)/C1=N/Nc1cccc(C2CCN(CC(=O)O)CC2)c1O. The molecule has 0 aliphatic carbocycles. The monoisotopic (exact) mass is 575 g/mol. The second kappa shape index (κ2) is 12.5. The maximum atomic E-state index is 13.8. The molecule has 0 spiro atoms. The molecular weight excluding hydrogens is 534 g/mol. The fraction of sp³-hybridized carbons (Fsp3) is 0.438. The molecule has 224 valence electrons. The van der Waals surface area contributed by atoms with E-state index in [0.717, 1.165) is 24.0 Å². The van der Waals surface area contributed by atoms with Gasteiger partial charge in [-0.3, -0.25) is 24.7 Å². The van der Waals surface area contributed by atoms with Crippen LogP contribution in [0.3, 0.4) is 0 Å². The van der Waals surface area contributed by atoms with E-state index in [0.29, 0.717) is 42.2 Å². The van der Waals surface area contributed by atoms with Gasteiger partial charge in [-0.05, 0) is 93.2 Å². The number of amides is 2. The smallest absolute Gasteiger partial charge is 0.317 e. The Balaban J connectivity index is 1.63. The highest BCUT2D eigenvalue weighted by atomic mass is 16.4. The van der Waals surface area contributed by atoms with Crippen molar-refractivity contribution in [3.63, 3.8) is 0 Å². The Morgan fingerprint density at radius 2 is 1.69 bits per heavy atom. The molecule has 0 radical (unpaired) electrons. The molecule has 1 saturated heterocycles. The Bertz CT molecular complexity index is 1410. The van der Waals surface area contributed by atoms with Gasteiger partial charge in [-0.2, -0.15) is 5.10 Å². The van der Waals surface area contributed by atoms with E-state index in [4.69, 9.17) is 5.11 Å². The minimum absolute atomic E-state index is 0.00868. The standard InChI is InChI=1S/C32H41N5O5/c1-20-25(18-35(5)6)30(41)37(23-12-10-22(11-13-23)32(2,3)4)31(42)28(20)34-33-26-9-7-8-24(29(26)40)21-14-16-36(17-15-21)19-27(38)39/h7-13,21,33,40H,14-19H2,1-6H3,(H,38,39)/b34-28+. The molecule has 1 fully saturated rings. The van der Waals surface area contributed by atoms with Crippen LogP contribution in [0.1, 0.15) is 57.6 Å². The second-order valence-corrected chi connectivity index (χ2v) is 12.3. The maximum absolute atomic E-state index is 13.8. The van der Waals surface area contributed by atoms with Gasteiger partial charge in [0.25, 0.3) is 11.8 Å². The van der Waals surface area contributed by atoms with E-state index in [9.17, 15) is 19.5 Å². The van der Waals surface area contributed by atoms with E-state index < -0.39 is 11.9 Å². The third kappa shape index (κ3) is 6.71. The highest BCUT2D eigenvalue weighted by Gasteiger charge is 2.38. The number of rotatable bonds is 8. The number of piperidine rings is 1. The van der Waals surface area contributed by atoms with Crippen LogP contribution in [0.2, 0.25) is 0 Å². The first kappa shape index (κ1) is 30.9. The van der Waals surface area contributed by atoms with E-state index in [-0.39, 0.29) is 35.2 Å². The van der Waals surface area contributed by atoms with Crippen molar-refractivity contribution in [1.82, 2.24) is 9.80 Å². The number of likely N-dealkylation sites (tertiary alicyclic amines) is 1. The lowest BCUT2D eigenvalue weighted by Crippen LogP contribution is -2.49. The summed E-state index contributed by atoms with van der Waals surface area (Å²) in [6, 6.07) is 12.8. The Labute approximate surface area is 247 Å². The lowest BCUT2D eigenvalue weighted by molar-refractivity contribution is -0.138. The Morgan fingerprint density at radius 3 is 2.26 bits per heavy atom. The summed E-state index contributed by atoms with van der Waals surface area (Å²) in [5.41, 5.74) is 6.50. The van der Waals surface area contributed by atoms with Crippen LogP contribution in [0.25, 0.3) is 0 Å². The van der Waals surface area contributed by atoms with Crippen molar-refractivity contribution < 1.29 is 24.6 Å². The van der Waals surface area contributed by atoms with Gasteiger partial charge in [0.05, 0.1) is 17.9 Å². The number of nitrogens with one attached hydrogen (secondary N) is 1. The molecule has 42 heavy (non-hydrogen) atoms. The highest BCUT2D eigenvalue weighted by Crippen LogP contribution is 2.38. The number of anilines is 2. The molecule has 10 heteroatoms. The molecule has 3 N–H and O–H groups in total. The van der Waals surface area contributed by atoms with Gasteiger partial charge >= 0.3 is 5.97 Å².